The molecule has 30 heavy (non-hydrogen) atoms. The first-order chi connectivity index (χ1) is 14.3. The highest BCUT2D eigenvalue weighted by Gasteiger charge is 2.51. The predicted molar refractivity (Wildman–Crippen MR) is 101 cm³/mol. The molecule has 1 N–H and O–H groups in total. The number of amides is 1. The summed E-state index contributed by atoms with van der Waals surface area (Å²) in [6.45, 7) is 0.191. The number of carbonyl (C=O) groups excluding carboxylic acids is 1. The summed E-state index contributed by atoms with van der Waals surface area (Å²) in [5.74, 6) is -0.153. The molecule has 8 heteroatoms. The first-order valence-corrected chi connectivity index (χ1v) is 9.95. The molecule has 0 aliphatic carbocycles. The van der Waals surface area contributed by atoms with E-state index in [2.05, 4.69) is 9.47 Å². The molecular weight excluding hydrogens is 396 g/mol. The Morgan fingerprint density at radius 3 is 2.43 bits per heavy atom. The van der Waals surface area contributed by atoms with E-state index in [1.54, 1.807) is 11.0 Å². The highest BCUT2D eigenvalue weighted by Crippen LogP contribution is 2.49. The van der Waals surface area contributed by atoms with Crippen molar-refractivity contribution in [3.05, 3.63) is 59.7 Å². The van der Waals surface area contributed by atoms with Crippen molar-refractivity contribution in [2.24, 2.45) is 0 Å². The maximum absolute atomic E-state index is 13.3. The van der Waals surface area contributed by atoms with Crippen molar-refractivity contribution in [3.63, 3.8) is 0 Å². The largest absolute Gasteiger partial charge is 0.586 e. The van der Waals surface area contributed by atoms with E-state index >= 15 is 0 Å². The fourth-order valence-corrected chi connectivity index (χ4v) is 4.79. The zero-order valence-electron chi connectivity index (χ0n) is 16.1. The zero-order valence-corrected chi connectivity index (χ0v) is 16.1. The van der Waals surface area contributed by atoms with Crippen LogP contribution in [0.5, 0.6) is 11.5 Å². The van der Waals surface area contributed by atoms with E-state index < -0.39 is 18.0 Å². The van der Waals surface area contributed by atoms with Crippen LogP contribution in [-0.2, 0) is 16.9 Å². The zero-order chi connectivity index (χ0) is 20.9. The molecule has 0 saturated carbocycles. The van der Waals surface area contributed by atoms with Gasteiger partial charge in [-0.1, -0.05) is 36.4 Å². The molecule has 0 radical (unpaired) electrons. The predicted octanol–water partition coefficient (Wildman–Crippen LogP) is 4.16. The molecule has 3 aliphatic rings. The minimum atomic E-state index is -3.70. The summed E-state index contributed by atoms with van der Waals surface area (Å²) in [5.41, 5.74) is 0.152. The summed E-state index contributed by atoms with van der Waals surface area (Å²) in [6, 6.07) is 13.4. The van der Waals surface area contributed by atoms with E-state index in [9.17, 15) is 18.7 Å². The Bertz CT molecular complexity index is 953. The van der Waals surface area contributed by atoms with Crippen LogP contribution in [0.1, 0.15) is 36.8 Å². The van der Waals surface area contributed by atoms with Crippen molar-refractivity contribution >= 4 is 6.09 Å². The normalized spacial score (nSPS) is 28.4. The summed E-state index contributed by atoms with van der Waals surface area (Å²) in [5, 5.41) is 11.3. The summed E-state index contributed by atoms with van der Waals surface area (Å²) in [7, 11) is 0. The third kappa shape index (κ3) is 3.35. The van der Waals surface area contributed by atoms with Gasteiger partial charge in [-0.05, 0) is 36.1 Å². The Morgan fingerprint density at radius 1 is 1.07 bits per heavy atom. The molecule has 2 aromatic rings. The van der Waals surface area contributed by atoms with Crippen LogP contribution in [0.15, 0.2) is 48.5 Å². The number of piperidine rings is 1. The highest BCUT2D eigenvalue weighted by molar-refractivity contribution is 5.69. The average Bonchev–Trinajstić information content (AvgIpc) is 3.18. The van der Waals surface area contributed by atoms with Gasteiger partial charge in [-0.25, -0.2) is 4.79 Å². The van der Waals surface area contributed by atoms with Crippen LogP contribution in [0.25, 0.3) is 0 Å². The standard InChI is InChI=1S/C22H21F2NO5/c23-22(24)29-18-9-6-15(10-19(18)30-22)21(27)11-16-7-8-17(12-21)25(16)20(26)28-13-14-4-2-1-3-5-14/h1-6,9-10,16-17,27H,7-8,11-13H2. The van der Waals surface area contributed by atoms with E-state index in [1.165, 1.54) is 12.1 Å². The van der Waals surface area contributed by atoms with Crippen molar-refractivity contribution in [2.45, 2.75) is 56.3 Å². The van der Waals surface area contributed by atoms with Crippen LogP contribution in [-0.4, -0.2) is 34.5 Å². The van der Waals surface area contributed by atoms with Gasteiger partial charge in [0.2, 0.25) is 0 Å². The SMILES string of the molecule is O=C(OCc1ccccc1)N1C2CCC1CC(O)(c1ccc3c(c1)OC(F)(F)O3)C2. The highest BCUT2D eigenvalue weighted by atomic mass is 19.3. The maximum atomic E-state index is 13.3. The van der Waals surface area contributed by atoms with Crippen molar-refractivity contribution < 1.29 is 32.9 Å². The lowest BCUT2D eigenvalue weighted by Crippen LogP contribution is -2.52. The molecule has 2 atom stereocenters. The number of nitrogens with zero attached hydrogens (tertiary/aromatic N) is 1. The Kier molecular flexibility index (Phi) is 4.36. The van der Waals surface area contributed by atoms with Gasteiger partial charge >= 0.3 is 12.4 Å². The van der Waals surface area contributed by atoms with E-state index in [4.69, 9.17) is 4.74 Å². The number of carbonyl (C=O) groups is 1. The number of benzene rings is 2. The summed E-state index contributed by atoms with van der Waals surface area (Å²) in [4.78, 5) is 14.4. The monoisotopic (exact) mass is 417 g/mol. The Hall–Kier alpha value is -2.87. The van der Waals surface area contributed by atoms with Crippen molar-refractivity contribution in [3.8, 4) is 11.5 Å². The number of hydrogen-bond acceptors (Lipinski definition) is 5. The van der Waals surface area contributed by atoms with Gasteiger partial charge in [0.05, 0.1) is 5.60 Å². The maximum Gasteiger partial charge on any atom is 0.586 e. The van der Waals surface area contributed by atoms with Crippen LogP contribution in [0.4, 0.5) is 13.6 Å². The van der Waals surface area contributed by atoms with Crippen LogP contribution in [0.3, 0.4) is 0 Å². The fourth-order valence-electron chi connectivity index (χ4n) is 4.79. The lowest BCUT2D eigenvalue weighted by Gasteiger charge is -2.43. The Morgan fingerprint density at radius 2 is 1.73 bits per heavy atom. The number of fused-ring (bicyclic) bond motifs is 3. The number of alkyl halides is 2. The van der Waals surface area contributed by atoms with Gasteiger partial charge in [0.15, 0.2) is 11.5 Å². The lowest BCUT2D eigenvalue weighted by molar-refractivity contribution is -0.286. The van der Waals surface area contributed by atoms with Crippen LogP contribution >= 0.6 is 0 Å². The van der Waals surface area contributed by atoms with Gasteiger partial charge in [0.25, 0.3) is 0 Å². The smallest absolute Gasteiger partial charge is 0.445 e. The van der Waals surface area contributed by atoms with Gasteiger partial charge in [-0.3, -0.25) is 0 Å². The van der Waals surface area contributed by atoms with Crippen LogP contribution in [0, 0.1) is 0 Å². The van der Waals surface area contributed by atoms with E-state index in [0.29, 0.717) is 18.4 Å². The molecule has 2 saturated heterocycles. The fraction of sp³-hybridized carbons (Fsp3) is 0.409. The molecule has 2 unspecified atom stereocenters. The van der Waals surface area contributed by atoms with Crippen LogP contribution < -0.4 is 9.47 Å². The second kappa shape index (κ2) is 6.84. The van der Waals surface area contributed by atoms with E-state index in [-0.39, 0.29) is 30.2 Å². The molecule has 6 nitrogen and oxygen atoms in total. The van der Waals surface area contributed by atoms with E-state index in [0.717, 1.165) is 18.4 Å². The molecule has 3 heterocycles. The topological polar surface area (TPSA) is 68.2 Å². The molecule has 2 aromatic carbocycles. The molecule has 3 aliphatic heterocycles. The molecule has 0 spiro atoms. The quantitative estimate of drug-likeness (QED) is 0.812. The molecule has 1 amide bonds. The number of ether oxygens (including phenoxy) is 3. The number of halogens is 2. The summed E-state index contributed by atoms with van der Waals surface area (Å²) in [6.07, 6.45) is -1.96. The van der Waals surface area contributed by atoms with Gasteiger partial charge in [-0.15, -0.1) is 8.78 Å². The third-order valence-corrected chi connectivity index (χ3v) is 6.12. The molecule has 5 rings (SSSR count). The molecule has 0 aromatic heterocycles. The third-order valence-electron chi connectivity index (χ3n) is 6.12. The minimum Gasteiger partial charge on any atom is -0.445 e. The minimum absolute atomic E-state index is 0.0581. The van der Waals surface area contributed by atoms with Gasteiger partial charge < -0.3 is 24.2 Å². The lowest BCUT2D eigenvalue weighted by atomic mass is 9.80. The van der Waals surface area contributed by atoms with Crippen molar-refractivity contribution in [1.29, 1.82) is 0 Å². The van der Waals surface area contributed by atoms with Crippen molar-refractivity contribution in [2.75, 3.05) is 0 Å². The molecule has 2 fully saturated rings. The summed E-state index contributed by atoms with van der Waals surface area (Å²) < 4.78 is 41.1. The van der Waals surface area contributed by atoms with Crippen LogP contribution in [0.2, 0.25) is 0 Å². The summed E-state index contributed by atoms with van der Waals surface area (Å²) >= 11 is 0. The number of hydrogen-bond donors (Lipinski definition) is 1. The molecule has 158 valence electrons. The van der Waals surface area contributed by atoms with Crippen molar-refractivity contribution in [1.82, 2.24) is 4.90 Å². The average molecular weight is 417 g/mol. The first kappa shape index (κ1) is 19.1. The van der Waals surface area contributed by atoms with Gasteiger partial charge in [0.1, 0.15) is 6.61 Å². The number of aliphatic hydroxyl groups is 1. The molecule has 2 bridgehead atoms. The van der Waals surface area contributed by atoms with E-state index in [1.807, 2.05) is 30.3 Å². The van der Waals surface area contributed by atoms with Gasteiger partial charge in [0, 0.05) is 24.9 Å². The molecular formula is C22H21F2NO5. The first-order valence-electron chi connectivity index (χ1n) is 9.95. The number of rotatable bonds is 3. The van der Waals surface area contributed by atoms with Gasteiger partial charge in [-0.2, -0.15) is 0 Å². The second-order valence-corrected chi connectivity index (χ2v) is 8.10. The Labute approximate surface area is 172 Å². The second-order valence-electron chi connectivity index (χ2n) is 8.10. The Balaban J connectivity index is 1.30.